The minimum absolute atomic E-state index is 0.0544. The van der Waals surface area contributed by atoms with E-state index >= 15 is 0 Å². The molecule has 10 nitrogen and oxygen atoms in total. The predicted octanol–water partition coefficient (Wildman–Crippen LogP) is 2.53. The fraction of sp³-hybridized carbons (Fsp3) is 0.433. The smallest absolute Gasteiger partial charge is 0.247 e. The minimum atomic E-state index is -1.19. The lowest BCUT2D eigenvalue weighted by Crippen LogP contribution is -2.55. The molecule has 2 aromatic rings. The Bertz CT molecular complexity index is 1210. The van der Waals surface area contributed by atoms with Crippen molar-refractivity contribution in [3.8, 4) is 11.5 Å². The number of nitrogens with one attached hydrogen (secondary N) is 1. The van der Waals surface area contributed by atoms with Crippen LogP contribution in [-0.4, -0.2) is 91.5 Å². The molecule has 3 atom stereocenters. The number of amides is 2. The van der Waals surface area contributed by atoms with Gasteiger partial charge in [0.1, 0.15) is 18.5 Å². The largest absolute Gasteiger partial charge is 0.493 e. The van der Waals surface area contributed by atoms with Crippen molar-refractivity contribution in [3.05, 3.63) is 68.8 Å². The number of methoxy groups -OCH3 is 1. The Balaban J connectivity index is 1.98. The maximum absolute atomic E-state index is 13.7. The van der Waals surface area contributed by atoms with Crippen molar-refractivity contribution in [2.45, 2.75) is 44.4 Å². The van der Waals surface area contributed by atoms with E-state index in [0.29, 0.717) is 58.7 Å². The van der Waals surface area contributed by atoms with Crippen LogP contribution in [0.2, 0.25) is 0 Å². The summed E-state index contributed by atoms with van der Waals surface area (Å²) in [5.74, 6) is -0.0303. The first-order valence-corrected chi connectivity index (χ1v) is 14.6. The zero-order valence-electron chi connectivity index (χ0n) is 23.3. The Morgan fingerprint density at radius 1 is 1.22 bits per heavy atom. The van der Waals surface area contributed by atoms with E-state index in [1.807, 2.05) is 59.8 Å². The summed E-state index contributed by atoms with van der Waals surface area (Å²) in [4.78, 5) is 39.7. The van der Waals surface area contributed by atoms with Gasteiger partial charge >= 0.3 is 0 Å². The van der Waals surface area contributed by atoms with Gasteiger partial charge in [0.05, 0.1) is 29.7 Å². The van der Waals surface area contributed by atoms with Crippen LogP contribution in [0.25, 0.3) is 0 Å². The molecule has 2 amide bonds. The zero-order chi connectivity index (χ0) is 29.8. The summed E-state index contributed by atoms with van der Waals surface area (Å²) in [5.41, 5.74) is 1.54. The van der Waals surface area contributed by atoms with Crippen LogP contribution in [-0.2, 0) is 20.7 Å². The Kier molecular flexibility index (Phi) is 13.0. The maximum atomic E-state index is 13.7. The second kappa shape index (κ2) is 16.4. The van der Waals surface area contributed by atoms with Crippen LogP contribution in [0.4, 0.5) is 0 Å². The Morgan fingerprint density at radius 2 is 1.98 bits per heavy atom. The highest BCUT2D eigenvalue weighted by Gasteiger charge is 2.40. The lowest BCUT2D eigenvalue weighted by Gasteiger charge is -2.40. The van der Waals surface area contributed by atoms with E-state index in [1.54, 1.807) is 11.0 Å². The third-order valence-electron chi connectivity index (χ3n) is 6.67. The number of benzene rings is 2. The molecule has 1 aliphatic carbocycles. The lowest BCUT2D eigenvalue weighted by atomic mass is 9.87. The third kappa shape index (κ3) is 8.99. The highest BCUT2D eigenvalue weighted by Crippen LogP contribution is 2.37. The molecule has 0 heterocycles. The minimum Gasteiger partial charge on any atom is -0.493 e. The third-order valence-corrected chi connectivity index (χ3v) is 7.47. The number of nitrogens with zero attached hydrogens (tertiary/aromatic N) is 1. The molecule has 11 heteroatoms. The molecule has 0 radical (unpaired) electrons. The number of carbonyl (C=O) groups excluding carboxylic acids is 3. The van der Waals surface area contributed by atoms with Crippen molar-refractivity contribution in [1.29, 1.82) is 0 Å². The summed E-state index contributed by atoms with van der Waals surface area (Å²) < 4.78 is 17.8. The van der Waals surface area contributed by atoms with Crippen molar-refractivity contribution in [2.24, 2.45) is 0 Å². The Morgan fingerprint density at radius 3 is 2.63 bits per heavy atom. The second-order valence-electron chi connectivity index (χ2n) is 9.47. The lowest BCUT2D eigenvalue weighted by molar-refractivity contribution is -0.138. The van der Waals surface area contributed by atoms with Gasteiger partial charge in [-0.05, 0) is 59.7 Å². The normalized spacial score (nSPS) is 18.3. The molecule has 3 N–H and O–H groups in total. The number of aliphatic hydroxyl groups is 2. The number of carbonyl (C=O) groups is 3. The van der Waals surface area contributed by atoms with Crippen LogP contribution >= 0.6 is 22.6 Å². The van der Waals surface area contributed by atoms with Gasteiger partial charge in [0, 0.05) is 43.9 Å². The molecule has 0 aromatic heterocycles. The molecule has 0 spiro atoms. The van der Waals surface area contributed by atoms with E-state index in [-0.39, 0.29) is 31.9 Å². The Hall–Kier alpha value is -3.00. The molecular formula is C30H37IN2O8. The highest BCUT2D eigenvalue weighted by atomic mass is 127. The molecule has 2 aromatic carbocycles. The molecule has 3 rings (SSSR count). The SMILES string of the molecule is CCOCCCN(C(=O)Cc1ccccc1)[C@@H]1CC(C(=O)NCCO)=C[C@H](Oc2c(I)cc(C=O)cc2OC)[C@H]1O. The van der Waals surface area contributed by atoms with Crippen LogP contribution in [0.1, 0.15) is 35.7 Å². The maximum Gasteiger partial charge on any atom is 0.247 e. The quantitative estimate of drug-likeness (QED) is 0.149. The number of hydrogen-bond donors (Lipinski definition) is 3. The average Bonchev–Trinajstić information content (AvgIpc) is 2.98. The van der Waals surface area contributed by atoms with Crippen LogP contribution in [0.15, 0.2) is 54.1 Å². The van der Waals surface area contributed by atoms with Gasteiger partial charge in [0.2, 0.25) is 11.8 Å². The molecule has 41 heavy (non-hydrogen) atoms. The Labute approximate surface area is 253 Å². The van der Waals surface area contributed by atoms with Crippen molar-refractivity contribution in [1.82, 2.24) is 10.2 Å². The molecule has 0 fully saturated rings. The van der Waals surface area contributed by atoms with Crippen molar-refractivity contribution >= 4 is 40.7 Å². The molecule has 1 aliphatic rings. The fourth-order valence-electron chi connectivity index (χ4n) is 4.67. The van der Waals surface area contributed by atoms with E-state index in [9.17, 15) is 24.6 Å². The van der Waals surface area contributed by atoms with Crippen molar-refractivity contribution in [3.63, 3.8) is 0 Å². The van der Waals surface area contributed by atoms with Crippen LogP contribution < -0.4 is 14.8 Å². The topological polar surface area (TPSA) is 135 Å². The van der Waals surface area contributed by atoms with E-state index < -0.39 is 24.2 Å². The summed E-state index contributed by atoms with van der Waals surface area (Å²) >= 11 is 2.01. The van der Waals surface area contributed by atoms with Gasteiger partial charge in [0.25, 0.3) is 0 Å². The second-order valence-corrected chi connectivity index (χ2v) is 10.6. The number of aliphatic hydroxyl groups excluding tert-OH is 2. The van der Waals surface area contributed by atoms with Gasteiger partial charge in [-0.15, -0.1) is 0 Å². The van der Waals surface area contributed by atoms with Crippen LogP contribution in [0, 0.1) is 3.57 Å². The number of aldehydes is 1. The van der Waals surface area contributed by atoms with E-state index in [4.69, 9.17) is 14.2 Å². The van der Waals surface area contributed by atoms with Crippen LogP contribution in [0.3, 0.4) is 0 Å². The monoisotopic (exact) mass is 680 g/mol. The molecule has 0 saturated carbocycles. The van der Waals surface area contributed by atoms with Crippen LogP contribution in [0.5, 0.6) is 11.5 Å². The standard InChI is InChI=1S/C30H37IN2O8/c1-3-40-13-7-11-33(27(36)16-20-8-5-4-6-9-20)24-17-22(30(38)32-10-12-34)18-25(28(24)37)41-29-23(31)14-21(19-35)15-26(29)39-2/h4-6,8-9,14-15,18-19,24-25,28,34,37H,3,7,10-13,16-17H2,1-2H3,(H,32,38)/t24-,25+,28+/m1/s1. The van der Waals surface area contributed by atoms with E-state index in [1.165, 1.54) is 19.3 Å². The van der Waals surface area contributed by atoms with Gasteiger partial charge < -0.3 is 34.6 Å². The fourth-order valence-corrected chi connectivity index (χ4v) is 5.42. The first kappa shape index (κ1) is 32.5. The average molecular weight is 681 g/mol. The first-order chi connectivity index (χ1) is 19.8. The number of rotatable bonds is 15. The van der Waals surface area contributed by atoms with Gasteiger partial charge in [-0.3, -0.25) is 14.4 Å². The summed E-state index contributed by atoms with van der Waals surface area (Å²) in [7, 11) is 1.44. The van der Waals surface area contributed by atoms with Gasteiger partial charge in [-0.25, -0.2) is 0 Å². The number of ether oxygens (including phenoxy) is 3. The van der Waals surface area contributed by atoms with Crippen molar-refractivity contribution < 1.29 is 38.8 Å². The molecule has 222 valence electrons. The molecule has 0 bridgehead atoms. The van der Waals surface area contributed by atoms with Gasteiger partial charge in [-0.1, -0.05) is 30.3 Å². The number of halogens is 1. The molecule has 0 unspecified atom stereocenters. The zero-order valence-corrected chi connectivity index (χ0v) is 25.4. The van der Waals surface area contributed by atoms with Gasteiger partial charge in [-0.2, -0.15) is 0 Å². The molecular weight excluding hydrogens is 643 g/mol. The summed E-state index contributed by atoms with van der Waals surface area (Å²) in [6.07, 6.45) is 0.774. The summed E-state index contributed by atoms with van der Waals surface area (Å²) in [6.45, 7) is 3.00. The van der Waals surface area contributed by atoms with E-state index in [2.05, 4.69) is 5.32 Å². The first-order valence-electron chi connectivity index (χ1n) is 13.5. The molecule has 0 aliphatic heterocycles. The highest BCUT2D eigenvalue weighted by molar-refractivity contribution is 14.1. The van der Waals surface area contributed by atoms with Crippen molar-refractivity contribution in [2.75, 3.05) is 40.0 Å². The molecule has 0 saturated heterocycles. The van der Waals surface area contributed by atoms with Gasteiger partial charge in [0.15, 0.2) is 11.5 Å². The number of hydrogen-bond acceptors (Lipinski definition) is 8. The summed E-state index contributed by atoms with van der Waals surface area (Å²) in [6, 6.07) is 11.7. The predicted molar refractivity (Wildman–Crippen MR) is 161 cm³/mol. The summed E-state index contributed by atoms with van der Waals surface area (Å²) in [5, 5.41) is 23.5. The van der Waals surface area contributed by atoms with E-state index in [0.717, 1.165) is 5.56 Å².